The highest BCUT2D eigenvalue weighted by Crippen LogP contribution is 2.21. The molecule has 2 aromatic heterocycles. The van der Waals surface area contributed by atoms with Gasteiger partial charge in [-0.15, -0.1) is 11.3 Å². The topological polar surface area (TPSA) is 62.2 Å². The number of carbonyl (C=O) groups excluding carboxylic acids is 1. The fraction of sp³-hybridized carbons (Fsp3) is 0.385. The third-order valence-corrected chi connectivity index (χ3v) is 4.16. The molecule has 1 amide bonds. The van der Waals surface area contributed by atoms with E-state index >= 15 is 0 Å². The molecule has 1 saturated heterocycles. The predicted octanol–water partition coefficient (Wildman–Crippen LogP) is 0.988. The molecule has 7 heteroatoms. The van der Waals surface area contributed by atoms with Crippen molar-refractivity contribution in [2.45, 2.75) is 0 Å². The number of thiazole rings is 1. The van der Waals surface area contributed by atoms with Crippen LogP contribution in [0.25, 0.3) is 10.7 Å². The summed E-state index contributed by atoms with van der Waals surface area (Å²) in [5.41, 5.74) is 1.20. The van der Waals surface area contributed by atoms with Crippen LogP contribution in [-0.2, 0) is 0 Å². The van der Waals surface area contributed by atoms with Gasteiger partial charge in [-0.05, 0) is 7.05 Å². The zero-order valence-corrected chi connectivity index (χ0v) is 12.0. The minimum atomic E-state index is 0.00416. The van der Waals surface area contributed by atoms with Crippen molar-refractivity contribution in [2.24, 2.45) is 0 Å². The minimum Gasteiger partial charge on any atom is -0.335 e. The predicted molar refractivity (Wildman–Crippen MR) is 76.5 cm³/mol. The summed E-state index contributed by atoms with van der Waals surface area (Å²) in [6, 6.07) is 0. The molecule has 1 fully saturated rings. The Bertz CT molecular complexity index is 592. The molecule has 0 aliphatic carbocycles. The van der Waals surface area contributed by atoms with Crippen LogP contribution in [0.15, 0.2) is 24.0 Å². The third kappa shape index (κ3) is 2.68. The van der Waals surface area contributed by atoms with Crippen LogP contribution >= 0.6 is 11.3 Å². The normalized spacial score (nSPS) is 16.4. The quantitative estimate of drug-likeness (QED) is 0.825. The van der Waals surface area contributed by atoms with Crippen LogP contribution < -0.4 is 0 Å². The first-order valence-corrected chi connectivity index (χ1v) is 7.32. The number of rotatable bonds is 2. The van der Waals surface area contributed by atoms with Gasteiger partial charge in [0.15, 0.2) is 0 Å². The summed E-state index contributed by atoms with van der Waals surface area (Å²) in [6.45, 7) is 3.33. The summed E-state index contributed by atoms with van der Waals surface area (Å²) in [5, 5.41) is 2.53. The fourth-order valence-electron chi connectivity index (χ4n) is 2.07. The van der Waals surface area contributed by atoms with E-state index < -0.39 is 0 Å². The van der Waals surface area contributed by atoms with Crippen LogP contribution in [-0.4, -0.2) is 63.9 Å². The molecule has 0 unspecified atom stereocenters. The lowest BCUT2D eigenvalue weighted by atomic mass is 10.3. The van der Waals surface area contributed by atoms with E-state index in [9.17, 15) is 4.79 Å². The van der Waals surface area contributed by atoms with Crippen LogP contribution in [0.3, 0.4) is 0 Å². The number of piperazine rings is 1. The van der Waals surface area contributed by atoms with E-state index in [-0.39, 0.29) is 5.91 Å². The smallest absolute Gasteiger partial charge is 0.273 e. The molecule has 0 atom stereocenters. The SMILES string of the molecule is CN1CCN(C(=O)c2csc(-c3cnccn3)n2)CC1. The maximum Gasteiger partial charge on any atom is 0.273 e. The van der Waals surface area contributed by atoms with E-state index in [1.807, 2.05) is 4.90 Å². The van der Waals surface area contributed by atoms with E-state index in [0.717, 1.165) is 31.2 Å². The van der Waals surface area contributed by atoms with Crippen molar-refractivity contribution >= 4 is 17.2 Å². The number of likely N-dealkylation sites (N-methyl/N-ethyl adjacent to an activating group) is 1. The molecule has 1 aliphatic heterocycles. The molecule has 6 nitrogen and oxygen atoms in total. The van der Waals surface area contributed by atoms with Gasteiger partial charge in [0.05, 0.1) is 6.20 Å². The summed E-state index contributed by atoms with van der Waals surface area (Å²) in [5.74, 6) is 0.00416. The third-order valence-electron chi connectivity index (χ3n) is 3.30. The molecular weight excluding hydrogens is 274 g/mol. The molecule has 0 spiro atoms. The lowest BCUT2D eigenvalue weighted by molar-refractivity contribution is 0.0659. The number of aromatic nitrogens is 3. The average Bonchev–Trinajstić information content (AvgIpc) is 2.98. The van der Waals surface area contributed by atoms with Crippen molar-refractivity contribution in [2.75, 3.05) is 33.2 Å². The zero-order valence-electron chi connectivity index (χ0n) is 11.2. The molecule has 1 aliphatic rings. The Morgan fingerprint density at radius 2 is 2.05 bits per heavy atom. The van der Waals surface area contributed by atoms with Crippen molar-refractivity contribution < 1.29 is 4.79 Å². The molecule has 20 heavy (non-hydrogen) atoms. The van der Waals surface area contributed by atoms with Crippen LogP contribution in [0.2, 0.25) is 0 Å². The van der Waals surface area contributed by atoms with Crippen molar-refractivity contribution in [3.8, 4) is 10.7 Å². The average molecular weight is 289 g/mol. The van der Waals surface area contributed by atoms with Gasteiger partial charge in [-0.2, -0.15) is 0 Å². The van der Waals surface area contributed by atoms with Crippen LogP contribution in [0.5, 0.6) is 0 Å². The summed E-state index contributed by atoms with van der Waals surface area (Å²) in [7, 11) is 2.07. The van der Waals surface area contributed by atoms with Gasteiger partial charge in [-0.3, -0.25) is 14.8 Å². The van der Waals surface area contributed by atoms with E-state index in [2.05, 4.69) is 26.9 Å². The van der Waals surface area contributed by atoms with Crippen LogP contribution in [0.1, 0.15) is 10.5 Å². The number of nitrogens with zero attached hydrogens (tertiary/aromatic N) is 5. The molecule has 0 bridgehead atoms. The number of hydrogen-bond acceptors (Lipinski definition) is 6. The maximum atomic E-state index is 12.4. The lowest BCUT2D eigenvalue weighted by Crippen LogP contribution is -2.47. The van der Waals surface area contributed by atoms with Crippen molar-refractivity contribution in [3.63, 3.8) is 0 Å². The Morgan fingerprint density at radius 3 is 2.75 bits per heavy atom. The van der Waals surface area contributed by atoms with E-state index in [1.165, 1.54) is 11.3 Å². The Morgan fingerprint density at radius 1 is 1.25 bits per heavy atom. The molecule has 0 saturated carbocycles. The monoisotopic (exact) mass is 289 g/mol. The van der Waals surface area contributed by atoms with Gasteiger partial charge in [0, 0.05) is 44.0 Å². The molecular formula is C13H15N5OS. The number of hydrogen-bond donors (Lipinski definition) is 0. The van der Waals surface area contributed by atoms with E-state index in [0.29, 0.717) is 11.4 Å². The Balaban J connectivity index is 1.75. The highest BCUT2D eigenvalue weighted by molar-refractivity contribution is 7.13. The Hall–Kier alpha value is -1.86. The van der Waals surface area contributed by atoms with Crippen LogP contribution in [0.4, 0.5) is 0 Å². The highest BCUT2D eigenvalue weighted by atomic mass is 32.1. The molecule has 3 rings (SSSR count). The van der Waals surface area contributed by atoms with Gasteiger partial charge in [0.1, 0.15) is 16.4 Å². The van der Waals surface area contributed by atoms with Crippen molar-refractivity contribution in [3.05, 3.63) is 29.7 Å². The van der Waals surface area contributed by atoms with Crippen molar-refractivity contribution in [1.82, 2.24) is 24.8 Å². The minimum absolute atomic E-state index is 0.00416. The highest BCUT2D eigenvalue weighted by Gasteiger charge is 2.22. The van der Waals surface area contributed by atoms with Gasteiger partial charge < -0.3 is 9.80 Å². The maximum absolute atomic E-state index is 12.4. The molecule has 2 aromatic rings. The molecule has 104 valence electrons. The van der Waals surface area contributed by atoms with Gasteiger partial charge in [-0.1, -0.05) is 0 Å². The summed E-state index contributed by atoms with van der Waals surface area (Å²) in [4.78, 5) is 29.0. The van der Waals surface area contributed by atoms with Gasteiger partial charge >= 0.3 is 0 Å². The first-order chi connectivity index (χ1) is 9.74. The van der Waals surface area contributed by atoms with Crippen LogP contribution in [0, 0.1) is 0 Å². The number of carbonyl (C=O) groups is 1. The molecule has 0 aromatic carbocycles. The summed E-state index contributed by atoms with van der Waals surface area (Å²) >= 11 is 1.42. The fourth-order valence-corrected chi connectivity index (χ4v) is 2.82. The zero-order chi connectivity index (χ0) is 13.9. The van der Waals surface area contributed by atoms with E-state index in [4.69, 9.17) is 0 Å². The Labute approximate surface area is 121 Å². The van der Waals surface area contributed by atoms with Gasteiger partial charge in [0.2, 0.25) is 0 Å². The largest absolute Gasteiger partial charge is 0.335 e. The lowest BCUT2D eigenvalue weighted by Gasteiger charge is -2.31. The molecule has 0 radical (unpaired) electrons. The summed E-state index contributed by atoms with van der Waals surface area (Å²) < 4.78 is 0. The second-order valence-corrected chi connectivity index (χ2v) is 5.58. The molecule has 0 N–H and O–H groups in total. The van der Waals surface area contributed by atoms with E-state index in [1.54, 1.807) is 24.0 Å². The Kier molecular flexibility index (Phi) is 3.70. The van der Waals surface area contributed by atoms with Gasteiger partial charge in [-0.25, -0.2) is 4.98 Å². The van der Waals surface area contributed by atoms with Crippen molar-refractivity contribution in [1.29, 1.82) is 0 Å². The summed E-state index contributed by atoms with van der Waals surface area (Å²) in [6.07, 6.45) is 4.90. The number of amides is 1. The first-order valence-electron chi connectivity index (χ1n) is 6.44. The molecule has 3 heterocycles. The standard InChI is InChI=1S/C13H15N5OS/c1-17-4-6-18(7-5-17)13(19)11-9-20-12(16-11)10-8-14-2-3-15-10/h2-3,8-9H,4-7H2,1H3. The van der Waals surface area contributed by atoms with Gasteiger partial charge in [0.25, 0.3) is 5.91 Å². The second-order valence-electron chi connectivity index (χ2n) is 4.72. The second kappa shape index (κ2) is 5.64. The first kappa shape index (κ1) is 13.1.